The van der Waals surface area contributed by atoms with Crippen LogP contribution in [0.4, 0.5) is 4.79 Å². The summed E-state index contributed by atoms with van der Waals surface area (Å²) >= 11 is 0. The van der Waals surface area contributed by atoms with E-state index in [1.165, 1.54) is 0 Å². The van der Waals surface area contributed by atoms with Gasteiger partial charge < -0.3 is 25.7 Å². The van der Waals surface area contributed by atoms with Gasteiger partial charge >= 0.3 is 12.0 Å². The highest BCUT2D eigenvalue weighted by Gasteiger charge is 2.18. The van der Waals surface area contributed by atoms with E-state index >= 15 is 0 Å². The lowest BCUT2D eigenvalue weighted by molar-refractivity contribution is -0.139. The number of aliphatic hydroxyl groups is 1. The Kier molecular flexibility index (Phi) is 7.23. The summed E-state index contributed by atoms with van der Waals surface area (Å²) in [7, 11) is 3.73. The number of carboxylic acids is 1. The number of likely N-dealkylation sites (N-methyl/N-ethyl adjacent to an activating group) is 1. The molecule has 0 saturated heterocycles. The van der Waals surface area contributed by atoms with Crippen molar-refractivity contribution < 1.29 is 19.8 Å². The first-order valence-electron chi connectivity index (χ1n) is 5.00. The normalized spacial score (nSPS) is 12.2. The number of hydrogen-bond donors (Lipinski definition) is 4. The molecule has 7 nitrogen and oxygen atoms in total. The Morgan fingerprint density at radius 2 is 2.00 bits per heavy atom. The Labute approximate surface area is 94.4 Å². The van der Waals surface area contributed by atoms with Crippen molar-refractivity contribution >= 4 is 12.0 Å². The Morgan fingerprint density at radius 1 is 1.38 bits per heavy atom. The summed E-state index contributed by atoms with van der Waals surface area (Å²) in [5.74, 6) is -1.16. The second-order valence-electron chi connectivity index (χ2n) is 3.61. The number of nitrogens with zero attached hydrogens (tertiary/aromatic N) is 1. The minimum Gasteiger partial charge on any atom is -0.480 e. The highest BCUT2D eigenvalue weighted by atomic mass is 16.4. The van der Waals surface area contributed by atoms with Crippen molar-refractivity contribution in [2.24, 2.45) is 0 Å². The van der Waals surface area contributed by atoms with E-state index in [9.17, 15) is 9.59 Å². The number of rotatable bonds is 7. The molecule has 0 rings (SSSR count). The maximum absolute atomic E-state index is 11.2. The molecule has 0 radical (unpaired) electrons. The molecule has 0 aromatic carbocycles. The van der Waals surface area contributed by atoms with Crippen LogP contribution in [-0.4, -0.2) is 66.9 Å². The van der Waals surface area contributed by atoms with Crippen molar-refractivity contribution in [3.8, 4) is 0 Å². The molecule has 0 aliphatic heterocycles. The van der Waals surface area contributed by atoms with E-state index in [4.69, 9.17) is 10.2 Å². The minimum atomic E-state index is -1.16. The third-order valence-electron chi connectivity index (χ3n) is 1.87. The van der Waals surface area contributed by atoms with Crippen LogP contribution in [0.1, 0.15) is 6.42 Å². The van der Waals surface area contributed by atoms with Crippen LogP contribution in [0.2, 0.25) is 0 Å². The average molecular weight is 233 g/mol. The molecule has 16 heavy (non-hydrogen) atoms. The monoisotopic (exact) mass is 233 g/mol. The quantitative estimate of drug-likeness (QED) is 0.437. The molecular weight excluding hydrogens is 214 g/mol. The van der Waals surface area contributed by atoms with Gasteiger partial charge in [-0.3, -0.25) is 0 Å². The third-order valence-corrected chi connectivity index (χ3v) is 1.87. The van der Waals surface area contributed by atoms with Crippen molar-refractivity contribution in [3.63, 3.8) is 0 Å². The number of hydrogen-bond acceptors (Lipinski definition) is 4. The van der Waals surface area contributed by atoms with Gasteiger partial charge in [-0.1, -0.05) is 0 Å². The molecule has 0 aromatic rings. The number of aliphatic hydroxyl groups excluding tert-OH is 1. The lowest BCUT2D eigenvalue weighted by Crippen LogP contribution is -2.47. The molecule has 0 spiro atoms. The molecule has 94 valence electrons. The first-order chi connectivity index (χ1) is 7.47. The summed E-state index contributed by atoms with van der Waals surface area (Å²) in [5, 5.41) is 22.1. The molecule has 0 aliphatic carbocycles. The van der Waals surface area contributed by atoms with Crippen LogP contribution in [0.3, 0.4) is 0 Å². The Hall–Kier alpha value is -1.34. The van der Waals surface area contributed by atoms with Crippen LogP contribution in [0.15, 0.2) is 0 Å². The van der Waals surface area contributed by atoms with Crippen molar-refractivity contribution in [2.45, 2.75) is 12.5 Å². The SMILES string of the molecule is CN(C)CCNC(=O)N[C@@H](CCO)C(=O)O. The van der Waals surface area contributed by atoms with Gasteiger partial charge in [0.25, 0.3) is 0 Å². The van der Waals surface area contributed by atoms with E-state index in [2.05, 4.69) is 10.6 Å². The molecular formula is C9H19N3O4. The molecule has 2 amide bonds. The van der Waals surface area contributed by atoms with Gasteiger partial charge in [-0.15, -0.1) is 0 Å². The maximum atomic E-state index is 11.2. The van der Waals surface area contributed by atoms with Gasteiger partial charge in [-0.05, 0) is 14.1 Å². The first-order valence-corrected chi connectivity index (χ1v) is 5.00. The minimum absolute atomic E-state index is 0.00354. The Morgan fingerprint density at radius 3 is 2.44 bits per heavy atom. The van der Waals surface area contributed by atoms with E-state index < -0.39 is 18.0 Å². The Bertz CT molecular complexity index is 233. The van der Waals surface area contributed by atoms with Crippen LogP contribution in [-0.2, 0) is 4.79 Å². The molecule has 0 aliphatic rings. The smallest absolute Gasteiger partial charge is 0.326 e. The summed E-state index contributed by atoms with van der Waals surface area (Å²) in [5.41, 5.74) is 0. The third kappa shape index (κ3) is 7.02. The summed E-state index contributed by atoms with van der Waals surface area (Å²) < 4.78 is 0. The van der Waals surface area contributed by atoms with Gasteiger partial charge in [0.2, 0.25) is 0 Å². The van der Waals surface area contributed by atoms with E-state index in [-0.39, 0.29) is 13.0 Å². The van der Waals surface area contributed by atoms with Gasteiger partial charge in [-0.2, -0.15) is 0 Å². The number of carbonyl (C=O) groups is 2. The largest absolute Gasteiger partial charge is 0.480 e. The van der Waals surface area contributed by atoms with Crippen molar-refractivity contribution in [2.75, 3.05) is 33.8 Å². The zero-order chi connectivity index (χ0) is 12.6. The van der Waals surface area contributed by atoms with Gasteiger partial charge in [-0.25, -0.2) is 9.59 Å². The number of amides is 2. The van der Waals surface area contributed by atoms with E-state index in [1.54, 1.807) is 0 Å². The lowest BCUT2D eigenvalue weighted by atomic mass is 10.2. The number of carbonyl (C=O) groups excluding carboxylic acids is 1. The first kappa shape index (κ1) is 14.7. The lowest BCUT2D eigenvalue weighted by Gasteiger charge is -2.15. The number of aliphatic carboxylic acids is 1. The average Bonchev–Trinajstić information content (AvgIpc) is 2.16. The van der Waals surface area contributed by atoms with E-state index in [0.717, 1.165) is 0 Å². The van der Waals surface area contributed by atoms with Crippen molar-refractivity contribution in [1.82, 2.24) is 15.5 Å². The van der Waals surface area contributed by atoms with E-state index in [1.807, 2.05) is 19.0 Å². The zero-order valence-corrected chi connectivity index (χ0v) is 9.56. The molecule has 1 atom stereocenters. The molecule has 0 unspecified atom stereocenters. The number of carboxylic acid groups (broad SMARTS) is 1. The zero-order valence-electron chi connectivity index (χ0n) is 9.56. The van der Waals surface area contributed by atoms with E-state index in [0.29, 0.717) is 13.1 Å². The number of nitrogens with one attached hydrogen (secondary N) is 2. The van der Waals surface area contributed by atoms with Crippen LogP contribution in [0.25, 0.3) is 0 Å². The Balaban J connectivity index is 3.86. The molecule has 0 aromatic heterocycles. The van der Waals surface area contributed by atoms with Crippen LogP contribution in [0.5, 0.6) is 0 Å². The fourth-order valence-corrected chi connectivity index (χ4v) is 0.989. The second-order valence-corrected chi connectivity index (χ2v) is 3.61. The van der Waals surface area contributed by atoms with Crippen LogP contribution in [0, 0.1) is 0 Å². The van der Waals surface area contributed by atoms with Gasteiger partial charge in [0.1, 0.15) is 6.04 Å². The molecule has 7 heteroatoms. The second kappa shape index (κ2) is 7.89. The summed E-state index contributed by atoms with van der Waals surface area (Å²) in [4.78, 5) is 23.8. The number of urea groups is 1. The summed E-state index contributed by atoms with van der Waals surface area (Å²) in [6.45, 7) is 0.824. The van der Waals surface area contributed by atoms with Gasteiger partial charge in [0, 0.05) is 26.1 Å². The fourth-order valence-electron chi connectivity index (χ4n) is 0.989. The van der Waals surface area contributed by atoms with Crippen LogP contribution >= 0.6 is 0 Å². The predicted molar refractivity (Wildman–Crippen MR) is 58.2 cm³/mol. The van der Waals surface area contributed by atoms with Gasteiger partial charge in [0.15, 0.2) is 0 Å². The molecule has 0 fully saturated rings. The van der Waals surface area contributed by atoms with Crippen molar-refractivity contribution in [3.05, 3.63) is 0 Å². The van der Waals surface area contributed by atoms with Crippen LogP contribution < -0.4 is 10.6 Å². The molecule has 0 heterocycles. The maximum Gasteiger partial charge on any atom is 0.326 e. The summed E-state index contributed by atoms with van der Waals surface area (Å²) in [6, 6.07) is -1.59. The fraction of sp³-hybridized carbons (Fsp3) is 0.778. The standard InChI is InChI=1S/C9H19N3O4/c1-12(2)5-4-10-9(16)11-7(3-6-13)8(14)15/h7,13H,3-6H2,1-2H3,(H,14,15)(H2,10,11,16)/t7-/m0/s1. The van der Waals surface area contributed by atoms with Crippen molar-refractivity contribution in [1.29, 1.82) is 0 Å². The topological polar surface area (TPSA) is 102 Å². The van der Waals surface area contributed by atoms with Gasteiger partial charge in [0.05, 0.1) is 0 Å². The molecule has 0 saturated carbocycles. The highest BCUT2D eigenvalue weighted by molar-refractivity contribution is 5.82. The molecule has 4 N–H and O–H groups in total. The summed E-state index contributed by atoms with van der Waals surface area (Å²) in [6.07, 6.45) is -0.00354. The highest BCUT2D eigenvalue weighted by Crippen LogP contribution is 1.90. The predicted octanol–water partition coefficient (Wildman–Crippen LogP) is -1.32. The molecule has 0 bridgehead atoms.